The number of nitrogens with zero attached hydrogens (tertiary/aromatic N) is 1. The van der Waals surface area contributed by atoms with Crippen LogP contribution in [0, 0.1) is 5.92 Å². The lowest BCUT2D eigenvalue weighted by Crippen LogP contribution is -2.18. The molecule has 1 aromatic carbocycles. The van der Waals surface area contributed by atoms with Gasteiger partial charge in [0.2, 0.25) is 0 Å². The minimum absolute atomic E-state index is 0.768. The van der Waals surface area contributed by atoms with Crippen LogP contribution < -0.4 is 10.2 Å². The summed E-state index contributed by atoms with van der Waals surface area (Å²) in [6.45, 7) is 1.06. The molecule has 0 amide bonds. The Balaban J connectivity index is 2.03. The van der Waals surface area contributed by atoms with E-state index in [4.69, 9.17) is 0 Å². The summed E-state index contributed by atoms with van der Waals surface area (Å²) in [4.78, 5) is 2.15. The Kier molecular flexibility index (Phi) is 4.70. The Morgan fingerprint density at radius 1 is 1.33 bits per heavy atom. The number of hydrogen-bond acceptors (Lipinski definition) is 2. The van der Waals surface area contributed by atoms with Gasteiger partial charge in [-0.25, -0.2) is 0 Å². The largest absolute Gasteiger partial charge is 0.383 e. The molecule has 0 fully saturated rings. The Labute approximate surface area is 118 Å². The molecule has 1 N–H and O–H groups in total. The van der Waals surface area contributed by atoms with Gasteiger partial charge in [0.15, 0.2) is 0 Å². The van der Waals surface area contributed by atoms with Crippen LogP contribution in [0.3, 0.4) is 0 Å². The van der Waals surface area contributed by atoms with Gasteiger partial charge in [0.1, 0.15) is 0 Å². The van der Waals surface area contributed by atoms with Crippen molar-refractivity contribution in [3.63, 3.8) is 0 Å². The van der Waals surface area contributed by atoms with Crippen molar-refractivity contribution in [3.8, 4) is 0 Å². The standard InChI is InChI=1S/C15H21BrN2/c1-18(2)15-9-8-13(16)10-14(15)17-11-12-6-4-3-5-7-12/h3-4,8-10,12,17H,5-7,11H2,1-2H3. The molecule has 3 heteroatoms. The third-order valence-electron chi connectivity index (χ3n) is 3.40. The Morgan fingerprint density at radius 3 is 2.83 bits per heavy atom. The van der Waals surface area contributed by atoms with Gasteiger partial charge in [0.25, 0.3) is 0 Å². The average Bonchev–Trinajstić information content (AvgIpc) is 2.37. The van der Waals surface area contributed by atoms with Gasteiger partial charge in [-0.2, -0.15) is 0 Å². The third-order valence-corrected chi connectivity index (χ3v) is 3.89. The molecule has 0 heterocycles. The Morgan fingerprint density at radius 2 is 2.17 bits per heavy atom. The summed E-state index contributed by atoms with van der Waals surface area (Å²) in [5, 5.41) is 3.60. The second-order valence-electron chi connectivity index (χ2n) is 5.09. The van der Waals surface area contributed by atoms with E-state index in [1.807, 2.05) is 0 Å². The zero-order valence-electron chi connectivity index (χ0n) is 11.1. The lowest BCUT2D eigenvalue weighted by atomic mass is 9.94. The molecule has 98 valence electrons. The van der Waals surface area contributed by atoms with E-state index >= 15 is 0 Å². The highest BCUT2D eigenvalue weighted by Gasteiger charge is 2.11. The minimum atomic E-state index is 0.768. The van der Waals surface area contributed by atoms with E-state index in [-0.39, 0.29) is 0 Å². The quantitative estimate of drug-likeness (QED) is 0.835. The first kappa shape index (κ1) is 13.5. The first-order valence-corrected chi connectivity index (χ1v) is 7.32. The van der Waals surface area contributed by atoms with Crippen molar-refractivity contribution in [1.82, 2.24) is 0 Å². The second-order valence-corrected chi connectivity index (χ2v) is 6.00. The van der Waals surface area contributed by atoms with Crippen LogP contribution in [0.2, 0.25) is 0 Å². The van der Waals surface area contributed by atoms with Crippen molar-refractivity contribution in [2.24, 2.45) is 5.92 Å². The number of halogens is 1. The smallest absolute Gasteiger partial charge is 0.0597 e. The van der Waals surface area contributed by atoms with Gasteiger partial charge in [0.05, 0.1) is 11.4 Å². The molecule has 2 rings (SSSR count). The van der Waals surface area contributed by atoms with Crippen LogP contribution in [0.15, 0.2) is 34.8 Å². The predicted octanol–water partition coefficient (Wildman–Crippen LogP) is 4.28. The summed E-state index contributed by atoms with van der Waals surface area (Å²) >= 11 is 3.54. The lowest BCUT2D eigenvalue weighted by Gasteiger charge is -2.22. The lowest BCUT2D eigenvalue weighted by molar-refractivity contribution is 0.504. The molecule has 0 bridgehead atoms. The molecule has 0 aromatic heterocycles. The zero-order chi connectivity index (χ0) is 13.0. The number of nitrogens with one attached hydrogen (secondary N) is 1. The Bertz CT molecular complexity index is 427. The van der Waals surface area contributed by atoms with Gasteiger partial charge >= 0.3 is 0 Å². The monoisotopic (exact) mass is 308 g/mol. The molecule has 1 atom stereocenters. The molecule has 0 spiro atoms. The van der Waals surface area contributed by atoms with Gasteiger partial charge in [-0.3, -0.25) is 0 Å². The van der Waals surface area contributed by atoms with Gasteiger partial charge < -0.3 is 10.2 Å². The topological polar surface area (TPSA) is 15.3 Å². The van der Waals surface area contributed by atoms with Gasteiger partial charge in [-0.15, -0.1) is 0 Å². The number of rotatable bonds is 4. The molecule has 0 aliphatic heterocycles. The molecule has 0 saturated carbocycles. The molecular weight excluding hydrogens is 288 g/mol. The molecule has 1 aliphatic carbocycles. The van der Waals surface area contributed by atoms with Crippen LogP contribution in [0.5, 0.6) is 0 Å². The van der Waals surface area contributed by atoms with Crippen LogP contribution in [0.25, 0.3) is 0 Å². The summed E-state index contributed by atoms with van der Waals surface area (Å²) in [6.07, 6.45) is 8.34. The van der Waals surface area contributed by atoms with E-state index in [2.05, 4.69) is 70.6 Å². The summed E-state index contributed by atoms with van der Waals surface area (Å²) in [6, 6.07) is 6.39. The molecular formula is C15H21BrN2. The van der Waals surface area contributed by atoms with Crippen LogP contribution in [-0.4, -0.2) is 20.6 Å². The highest BCUT2D eigenvalue weighted by Crippen LogP contribution is 2.29. The summed E-state index contributed by atoms with van der Waals surface area (Å²) in [5.41, 5.74) is 2.45. The van der Waals surface area contributed by atoms with E-state index < -0.39 is 0 Å². The third kappa shape index (κ3) is 3.52. The maximum Gasteiger partial charge on any atom is 0.0597 e. The van der Waals surface area contributed by atoms with E-state index in [0.29, 0.717) is 0 Å². The van der Waals surface area contributed by atoms with Crippen molar-refractivity contribution in [2.75, 3.05) is 30.9 Å². The highest BCUT2D eigenvalue weighted by atomic mass is 79.9. The Hall–Kier alpha value is -0.960. The first-order chi connectivity index (χ1) is 8.66. The molecule has 0 radical (unpaired) electrons. The SMILES string of the molecule is CN(C)c1ccc(Br)cc1NCC1CC=CCC1. The van der Waals surface area contributed by atoms with Gasteiger partial charge in [0, 0.05) is 25.1 Å². The minimum Gasteiger partial charge on any atom is -0.383 e. The van der Waals surface area contributed by atoms with E-state index in [1.54, 1.807) is 0 Å². The zero-order valence-corrected chi connectivity index (χ0v) is 12.7. The van der Waals surface area contributed by atoms with Gasteiger partial charge in [-0.1, -0.05) is 28.1 Å². The number of anilines is 2. The normalized spacial score (nSPS) is 18.7. The second kappa shape index (κ2) is 6.28. The summed E-state index contributed by atoms with van der Waals surface area (Å²) in [7, 11) is 4.16. The fraction of sp³-hybridized carbons (Fsp3) is 0.467. The molecule has 18 heavy (non-hydrogen) atoms. The summed E-state index contributed by atoms with van der Waals surface area (Å²) < 4.78 is 1.12. The highest BCUT2D eigenvalue weighted by molar-refractivity contribution is 9.10. The molecule has 1 unspecified atom stereocenters. The fourth-order valence-electron chi connectivity index (χ4n) is 2.34. The van der Waals surface area contributed by atoms with Crippen LogP contribution in [0.1, 0.15) is 19.3 Å². The van der Waals surface area contributed by atoms with E-state index in [1.165, 1.54) is 30.6 Å². The molecule has 2 nitrogen and oxygen atoms in total. The number of allylic oxidation sites excluding steroid dienone is 2. The number of benzene rings is 1. The molecule has 1 aliphatic rings. The number of hydrogen-bond donors (Lipinski definition) is 1. The van der Waals surface area contributed by atoms with Crippen molar-refractivity contribution >= 4 is 27.3 Å². The van der Waals surface area contributed by atoms with Crippen LogP contribution in [0.4, 0.5) is 11.4 Å². The van der Waals surface area contributed by atoms with E-state index in [0.717, 1.165) is 16.9 Å². The predicted molar refractivity (Wildman–Crippen MR) is 83.4 cm³/mol. The maximum atomic E-state index is 3.60. The maximum absolute atomic E-state index is 3.60. The molecule has 0 saturated heterocycles. The van der Waals surface area contributed by atoms with Crippen molar-refractivity contribution in [1.29, 1.82) is 0 Å². The van der Waals surface area contributed by atoms with Crippen LogP contribution in [-0.2, 0) is 0 Å². The van der Waals surface area contributed by atoms with Crippen molar-refractivity contribution in [3.05, 3.63) is 34.8 Å². The first-order valence-electron chi connectivity index (χ1n) is 6.52. The van der Waals surface area contributed by atoms with Crippen LogP contribution >= 0.6 is 15.9 Å². The average molecular weight is 309 g/mol. The van der Waals surface area contributed by atoms with Crippen molar-refractivity contribution in [2.45, 2.75) is 19.3 Å². The van der Waals surface area contributed by atoms with Gasteiger partial charge in [-0.05, 0) is 43.4 Å². The van der Waals surface area contributed by atoms with Crippen molar-refractivity contribution < 1.29 is 0 Å². The van der Waals surface area contributed by atoms with E-state index in [9.17, 15) is 0 Å². The summed E-state index contributed by atoms with van der Waals surface area (Å²) in [5.74, 6) is 0.768. The fourth-order valence-corrected chi connectivity index (χ4v) is 2.70. The molecule has 1 aromatic rings.